The predicted molar refractivity (Wildman–Crippen MR) is 143 cm³/mol. The van der Waals surface area contributed by atoms with Crippen LogP contribution < -0.4 is 5.32 Å². The monoisotopic (exact) mass is 505 g/mol. The van der Waals surface area contributed by atoms with Gasteiger partial charge in [0.1, 0.15) is 0 Å². The third kappa shape index (κ3) is 5.51. The number of carbonyl (C=O) groups excluding carboxylic acids is 2. The average molecular weight is 506 g/mol. The molecule has 1 aromatic carbocycles. The van der Waals surface area contributed by atoms with Gasteiger partial charge in [0, 0.05) is 23.5 Å². The molecule has 1 aliphatic rings. The highest BCUT2D eigenvalue weighted by atomic mass is 35.5. The molecule has 2 aromatic heterocycles. The van der Waals surface area contributed by atoms with Gasteiger partial charge in [0.15, 0.2) is 0 Å². The maximum atomic E-state index is 12.9. The van der Waals surface area contributed by atoms with Crippen LogP contribution in [-0.2, 0) is 4.79 Å². The summed E-state index contributed by atoms with van der Waals surface area (Å²) in [6.45, 7) is 7.71. The Bertz CT molecular complexity index is 1290. The van der Waals surface area contributed by atoms with E-state index < -0.39 is 0 Å². The van der Waals surface area contributed by atoms with Crippen molar-refractivity contribution in [1.82, 2.24) is 19.7 Å². The Morgan fingerprint density at radius 1 is 1.11 bits per heavy atom. The van der Waals surface area contributed by atoms with Crippen molar-refractivity contribution in [3.8, 4) is 5.69 Å². The second kappa shape index (κ2) is 10.3. The molecule has 0 fully saturated rings. The molecular weight excluding hydrogens is 474 g/mol. The molecule has 3 aromatic rings. The highest BCUT2D eigenvalue weighted by molar-refractivity contribution is 6.30. The van der Waals surface area contributed by atoms with Crippen LogP contribution in [-0.4, -0.2) is 44.6 Å². The van der Waals surface area contributed by atoms with Crippen LogP contribution in [0.3, 0.4) is 0 Å². The van der Waals surface area contributed by atoms with Gasteiger partial charge >= 0.3 is 0 Å². The van der Waals surface area contributed by atoms with E-state index in [-0.39, 0.29) is 23.3 Å². The molecule has 4 rings (SSSR count). The summed E-state index contributed by atoms with van der Waals surface area (Å²) in [4.78, 5) is 32.0. The maximum Gasteiger partial charge on any atom is 0.259 e. The highest BCUT2D eigenvalue weighted by Gasteiger charge is 2.30. The predicted octanol–water partition coefficient (Wildman–Crippen LogP) is 5.92. The number of rotatable bonds is 5. The van der Waals surface area contributed by atoms with Gasteiger partial charge in [-0.15, -0.1) is 0 Å². The maximum absolute atomic E-state index is 12.9. The van der Waals surface area contributed by atoms with Gasteiger partial charge < -0.3 is 10.2 Å². The lowest BCUT2D eigenvalue weighted by molar-refractivity contribution is -0.140. The van der Waals surface area contributed by atoms with E-state index in [1.54, 1.807) is 29.2 Å². The summed E-state index contributed by atoms with van der Waals surface area (Å²) in [5.74, 6) is -0.0787. The largest absolute Gasteiger partial charge is 0.342 e. The molecule has 0 saturated heterocycles. The van der Waals surface area contributed by atoms with Gasteiger partial charge in [-0.1, -0.05) is 38.4 Å². The molecule has 0 saturated carbocycles. The minimum Gasteiger partial charge on any atom is -0.342 e. The first-order valence-corrected chi connectivity index (χ1v) is 12.5. The normalized spacial score (nSPS) is 15.8. The van der Waals surface area contributed by atoms with Crippen LogP contribution in [0, 0.1) is 12.3 Å². The third-order valence-corrected chi connectivity index (χ3v) is 6.82. The second-order valence-corrected chi connectivity index (χ2v) is 10.7. The number of allylic oxidation sites excluding steroid dienone is 1. The van der Waals surface area contributed by atoms with Crippen molar-refractivity contribution < 1.29 is 9.59 Å². The fraction of sp³-hybridized carbons (Fsp3) is 0.357. The van der Waals surface area contributed by atoms with E-state index in [9.17, 15) is 9.59 Å². The Morgan fingerprint density at radius 3 is 2.42 bits per heavy atom. The number of carbonyl (C=O) groups is 2. The minimum absolute atomic E-state index is 0.163. The molecular formula is C28H32ClN5O2. The molecule has 1 N–H and O–H groups in total. The Kier molecular flexibility index (Phi) is 7.31. The molecule has 8 heteroatoms. The van der Waals surface area contributed by atoms with Crippen molar-refractivity contribution in [3.05, 3.63) is 76.8 Å². The van der Waals surface area contributed by atoms with Gasteiger partial charge in [-0.05, 0) is 68.2 Å². The minimum atomic E-state index is -0.381. The van der Waals surface area contributed by atoms with Crippen molar-refractivity contribution in [1.29, 1.82) is 0 Å². The average Bonchev–Trinajstić information content (AvgIpc) is 3.25. The molecule has 1 atom stereocenters. The van der Waals surface area contributed by atoms with Crippen molar-refractivity contribution in [2.45, 2.75) is 53.0 Å². The number of benzene rings is 1. The van der Waals surface area contributed by atoms with E-state index >= 15 is 0 Å². The molecule has 36 heavy (non-hydrogen) atoms. The highest BCUT2D eigenvalue weighted by Crippen LogP contribution is 2.30. The fourth-order valence-electron chi connectivity index (χ4n) is 4.43. The van der Waals surface area contributed by atoms with Crippen LogP contribution in [0.25, 0.3) is 11.3 Å². The molecule has 188 valence electrons. The number of pyridine rings is 1. The summed E-state index contributed by atoms with van der Waals surface area (Å²) in [6, 6.07) is 11.3. The first-order chi connectivity index (χ1) is 17.0. The SMILES string of the molecule is Cc1c(C(=O)Nc2ccc(C3=CCC(N(C)C(=O)C(C)(C)C)CC3)nc2)cnn1-c1ccc(Cl)cc1. The van der Waals surface area contributed by atoms with Crippen LogP contribution >= 0.6 is 11.6 Å². The molecule has 0 bridgehead atoms. The Balaban J connectivity index is 1.40. The zero-order valence-electron chi connectivity index (χ0n) is 21.4. The zero-order valence-corrected chi connectivity index (χ0v) is 22.1. The zero-order chi connectivity index (χ0) is 26.0. The lowest BCUT2D eigenvalue weighted by Crippen LogP contribution is -2.43. The molecule has 0 radical (unpaired) electrons. The van der Waals surface area contributed by atoms with Crippen LogP contribution in [0.5, 0.6) is 0 Å². The van der Waals surface area contributed by atoms with Gasteiger partial charge in [-0.25, -0.2) is 4.68 Å². The fourth-order valence-corrected chi connectivity index (χ4v) is 4.56. The van der Waals surface area contributed by atoms with Crippen molar-refractivity contribution >= 4 is 34.7 Å². The van der Waals surface area contributed by atoms with Crippen LogP contribution in [0.1, 0.15) is 61.8 Å². The summed E-state index contributed by atoms with van der Waals surface area (Å²) < 4.78 is 1.71. The van der Waals surface area contributed by atoms with Crippen molar-refractivity contribution in [3.63, 3.8) is 0 Å². The van der Waals surface area contributed by atoms with Crippen LogP contribution in [0.2, 0.25) is 5.02 Å². The number of hydrogen-bond acceptors (Lipinski definition) is 4. The number of anilines is 1. The van der Waals surface area contributed by atoms with Crippen LogP contribution in [0.15, 0.2) is 54.9 Å². The summed E-state index contributed by atoms with van der Waals surface area (Å²) >= 11 is 5.97. The second-order valence-electron chi connectivity index (χ2n) is 10.2. The van der Waals surface area contributed by atoms with E-state index in [0.717, 1.165) is 36.3 Å². The Morgan fingerprint density at radius 2 is 1.83 bits per heavy atom. The van der Waals surface area contributed by atoms with E-state index in [4.69, 9.17) is 11.6 Å². The number of halogens is 1. The van der Waals surface area contributed by atoms with Crippen LogP contribution in [0.4, 0.5) is 5.69 Å². The molecule has 7 nitrogen and oxygen atoms in total. The third-order valence-electron chi connectivity index (χ3n) is 6.57. The standard InChI is InChI=1S/C28H32ClN5O2/c1-18-24(17-31-34(18)23-13-8-20(29)9-14-23)26(35)32-21-10-15-25(30-16-21)19-6-11-22(12-7-19)33(5)27(36)28(2,3)4/h6,8-10,13-17,22H,7,11-12H2,1-5H3,(H,32,35). The number of nitrogens with zero attached hydrogens (tertiary/aromatic N) is 4. The van der Waals surface area contributed by atoms with E-state index in [2.05, 4.69) is 21.5 Å². The first kappa shape index (κ1) is 25.6. The smallest absolute Gasteiger partial charge is 0.259 e. The molecule has 2 heterocycles. The number of hydrogen-bond donors (Lipinski definition) is 1. The molecule has 1 aliphatic carbocycles. The quantitative estimate of drug-likeness (QED) is 0.466. The summed E-state index contributed by atoms with van der Waals surface area (Å²) in [5.41, 5.74) is 4.35. The van der Waals surface area contributed by atoms with Gasteiger partial charge in [0.25, 0.3) is 5.91 Å². The number of aromatic nitrogens is 3. The molecule has 1 unspecified atom stereocenters. The molecule has 2 amide bonds. The topological polar surface area (TPSA) is 80.1 Å². The van der Waals surface area contributed by atoms with Gasteiger partial charge in [-0.2, -0.15) is 5.10 Å². The lowest BCUT2D eigenvalue weighted by Gasteiger charge is -2.34. The molecule has 0 spiro atoms. The summed E-state index contributed by atoms with van der Waals surface area (Å²) in [5, 5.41) is 7.92. The lowest BCUT2D eigenvalue weighted by atomic mass is 9.89. The van der Waals surface area contributed by atoms with Gasteiger partial charge in [0.2, 0.25) is 5.91 Å². The Labute approximate surface area is 217 Å². The van der Waals surface area contributed by atoms with E-state index in [0.29, 0.717) is 16.3 Å². The summed E-state index contributed by atoms with van der Waals surface area (Å²) in [7, 11) is 1.90. The van der Waals surface area contributed by atoms with Gasteiger partial charge in [-0.3, -0.25) is 14.6 Å². The van der Waals surface area contributed by atoms with Crippen molar-refractivity contribution in [2.24, 2.45) is 5.41 Å². The van der Waals surface area contributed by atoms with Gasteiger partial charge in [0.05, 0.1) is 40.7 Å². The number of amides is 2. The summed E-state index contributed by atoms with van der Waals surface area (Å²) in [6.07, 6.45) is 7.98. The number of nitrogens with one attached hydrogen (secondary N) is 1. The van der Waals surface area contributed by atoms with Crippen molar-refractivity contribution in [2.75, 3.05) is 12.4 Å². The van der Waals surface area contributed by atoms with E-state index in [1.807, 2.05) is 63.9 Å². The Hall–Kier alpha value is -3.45. The van der Waals surface area contributed by atoms with E-state index in [1.165, 1.54) is 5.57 Å². The first-order valence-electron chi connectivity index (χ1n) is 12.1. The molecule has 0 aliphatic heterocycles.